The van der Waals surface area contributed by atoms with Crippen LogP contribution in [0, 0.1) is 24.7 Å². The minimum Gasteiger partial charge on any atom is -0.338 e. The molecule has 2 heterocycles. The summed E-state index contributed by atoms with van der Waals surface area (Å²) in [7, 11) is 1.71. The van der Waals surface area contributed by atoms with Gasteiger partial charge >= 0.3 is 0 Å². The fourth-order valence-electron chi connectivity index (χ4n) is 3.95. The molecule has 1 aliphatic carbocycles. The normalized spacial score (nSPS) is 23.1. The summed E-state index contributed by atoms with van der Waals surface area (Å²) in [6.07, 6.45) is 5.58. The average Bonchev–Trinajstić information content (AvgIpc) is 3.14. The van der Waals surface area contributed by atoms with Crippen LogP contribution in [0.4, 0.5) is 0 Å². The average molecular weight is 390 g/mol. The maximum atomic E-state index is 13.2. The summed E-state index contributed by atoms with van der Waals surface area (Å²) in [6.45, 7) is 6.31. The molecule has 1 saturated heterocycles. The molecule has 0 spiro atoms. The molecule has 3 unspecified atom stereocenters. The van der Waals surface area contributed by atoms with Crippen molar-refractivity contribution in [2.75, 3.05) is 7.05 Å². The molecule has 0 bridgehead atoms. The first-order valence-electron chi connectivity index (χ1n) is 9.47. The minimum absolute atomic E-state index is 0.189. The van der Waals surface area contributed by atoms with E-state index in [1.165, 1.54) is 4.90 Å². The van der Waals surface area contributed by atoms with Crippen LogP contribution in [0.3, 0.4) is 0 Å². The lowest BCUT2D eigenvalue weighted by Gasteiger charge is -2.30. The van der Waals surface area contributed by atoms with Crippen LogP contribution in [0.25, 0.3) is 0 Å². The number of nitrogens with zero attached hydrogens (tertiary/aromatic N) is 3. The van der Waals surface area contributed by atoms with Gasteiger partial charge in [-0.05, 0) is 32.1 Å². The Kier molecular flexibility index (Phi) is 5.79. The Morgan fingerprint density at radius 2 is 1.85 bits per heavy atom. The summed E-state index contributed by atoms with van der Waals surface area (Å²) in [5.74, 6) is -0.997. The molecule has 6 nitrogen and oxygen atoms in total. The molecule has 0 aromatic carbocycles. The second-order valence-electron chi connectivity index (χ2n) is 7.90. The highest BCUT2D eigenvalue weighted by atomic mass is 32.1. The van der Waals surface area contributed by atoms with Gasteiger partial charge in [-0.1, -0.05) is 26.0 Å². The van der Waals surface area contributed by atoms with Gasteiger partial charge in [0.25, 0.3) is 0 Å². The Balaban J connectivity index is 1.81. The molecule has 7 heteroatoms. The third-order valence-electron chi connectivity index (χ3n) is 5.28. The molecule has 1 aromatic rings. The van der Waals surface area contributed by atoms with Crippen molar-refractivity contribution in [2.24, 2.45) is 17.8 Å². The predicted octanol–water partition coefficient (Wildman–Crippen LogP) is 2.78. The van der Waals surface area contributed by atoms with E-state index in [1.54, 1.807) is 23.3 Å². The maximum absolute atomic E-state index is 13.2. The van der Waals surface area contributed by atoms with E-state index in [9.17, 15) is 14.4 Å². The Morgan fingerprint density at radius 1 is 1.26 bits per heavy atom. The van der Waals surface area contributed by atoms with Crippen LogP contribution in [0.1, 0.15) is 43.8 Å². The molecule has 3 atom stereocenters. The van der Waals surface area contributed by atoms with E-state index in [1.807, 2.05) is 38.3 Å². The molecule has 27 heavy (non-hydrogen) atoms. The molecule has 146 valence electrons. The van der Waals surface area contributed by atoms with E-state index in [0.29, 0.717) is 25.8 Å². The summed E-state index contributed by atoms with van der Waals surface area (Å²) in [5.41, 5.74) is 0.827. The van der Waals surface area contributed by atoms with Gasteiger partial charge in [-0.3, -0.25) is 19.3 Å². The highest BCUT2D eigenvalue weighted by molar-refractivity contribution is 7.09. The summed E-state index contributed by atoms with van der Waals surface area (Å²) in [6, 6.07) is -0.736. The number of likely N-dealkylation sites (tertiary alicyclic amines) is 1. The fourth-order valence-corrected chi connectivity index (χ4v) is 4.56. The Morgan fingerprint density at radius 3 is 2.33 bits per heavy atom. The third kappa shape index (κ3) is 3.98. The van der Waals surface area contributed by atoms with E-state index >= 15 is 0 Å². The SMILES string of the molecule is Cc1nc(CN(C)C(=O)C(CC(C)C)N2C(=O)C3CC=CCC3C2=O)cs1. The lowest BCUT2D eigenvalue weighted by Crippen LogP contribution is -2.50. The number of carbonyl (C=O) groups excluding carboxylic acids is 3. The number of rotatable bonds is 6. The Bertz CT molecular complexity index is 744. The molecule has 1 aromatic heterocycles. The molecule has 0 radical (unpaired) electrons. The molecule has 1 fully saturated rings. The van der Waals surface area contributed by atoms with Gasteiger partial charge < -0.3 is 4.90 Å². The zero-order chi connectivity index (χ0) is 19.7. The van der Waals surface area contributed by atoms with Crippen LogP contribution in [0.15, 0.2) is 17.5 Å². The van der Waals surface area contributed by atoms with Crippen molar-refractivity contribution < 1.29 is 14.4 Å². The molecule has 0 saturated carbocycles. The van der Waals surface area contributed by atoms with Gasteiger partial charge in [-0.25, -0.2) is 4.98 Å². The van der Waals surface area contributed by atoms with Crippen molar-refractivity contribution >= 4 is 29.1 Å². The van der Waals surface area contributed by atoms with Crippen molar-refractivity contribution in [3.05, 3.63) is 28.2 Å². The lowest BCUT2D eigenvalue weighted by atomic mass is 9.85. The quantitative estimate of drug-likeness (QED) is 0.554. The van der Waals surface area contributed by atoms with Crippen LogP contribution in [-0.4, -0.2) is 45.6 Å². The summed E-state index contributed by atoms with van der Waals surface area (Å²) >= 11 is 1.54. The zero-order valence-corrected chi connectivity index (χ0v) is 17.2. The topological polar surface area (TPSA) is 70.6 Å². The zero-order valence-electron chi connectivity index (χ0n) is 16.3. The first-order chi connectivity index (χ1) is 12.8. The second-order valence-corrected chi connectivity index (χ2v) is 8.96. The summed E-state index contributed by atoms with van der Waals surface area (Å²) in [4.78, 5) is 46.4. The van der Waals surface area contributed by atoms with Gasteiger partial charge in [-0.2, -0.15) is 0 Å². The highest BCUT2D eigenvalue weighted by Crippen LogP contribution is 2.37. The molecule has 3 rings (SSSR count). The van der Waals surface area contributed by atoms with Crippen LogP contribution in [-0.2, 0) is 20.9 Å². The van der Waals surface area contributed by atoms with Gasteiger partial charge in [0.05, 0.1) is 29.1 Å². The summed E-state index contributed by atoms with van der Waals surface area (Å²) < 4.78 is 0. The number of fused-ring (bicyclic) bond motifs is 1. The second kappa shape index (κ2) is 7.92. The molecule has 0 N–H and O–H groups in total. The number of hydrogen-bond acceptors (Lipinski definition) is 5. The fraction of sp³-hybridized carbons (Fsp3) is 0.600. The van der Waals surface area contributed by atoms with Crippen molar-refractivity contribution in [3.8, 4) is 0 Å². The van der Waals surface area contributed by atoms with Gasteiger partial charge in [0.2, 0.25) is 17.7 Å². The number of aromatic nitrogens is 1. The van der Waals surface area contributed by atoms with Gasteiger partial charge in [-0.15, -0.1) is 11.3 Å². The number of likely N-dealkylation sites (N-methyl/N-ethyl adjacent to an activating group) is 1. The highest BCUT2D eigenvalue weighted by Gasteiger charge is 2.51. The van der Waals surface area contributed by atoms with Crippen molar-refractivity contribution in [1.82, 2.24) is 14.8 Å². The first-order valence-corrected chi connectivity index (χ1v) is 10.4. The van der Waals surface area contributed by atoms with Crippen LogP contribution in [0.5, 0.6) is 0 Å². The number of imide groups is 1. The largest absolute Gasteiger partial charge is 0.338 e. The maximum Gasteiger partial charge on any atom is 0.245 e. The van der Waals surface area contributed by atoms with E-state index < -0.39 is 6.04 Å². The molecular weight excluding hydrogens is 362 g/mol. The smallest absolute Gasteiger partial charge is 0.245 e. The van der Waals surface area contributed by atoms with Gasteiger partial charge in [0.1, 0.15) is 6.04 Å². The third-order valence-corrected chi connectivity index (χ3v) is 6.10. The van der Waals surface area contributed by atoms with Gasteiger partial charge in [0, 0.05) is 12.4 Å². The minimum atomic E-state index is -0.736. The van der Waals surface area contributed by atoms with Crippen molar-refractivity contribution in [1.29, 1.82) is 0 Å². The van der Waals surface area contributed by atoms with Crippen molar-refractivity contribution in [3.63, 3.8) is 0 Å². The molecule has 1 aliphatic heterocycles. The van der Waals surface area contributed by atoms with Crippen LogP contribution >= 0.6 is 11.3 Å². The Hall–Kier alpha value is -2.02. The number of allylic oxidation sites excluding steroid dienone is 2. The molecule has 3 amide bonds. The van der Waals surface area contributed by atoms with Crippen LogP contribution in [0.2, 0.25) is 0 Å². The number of carbonyl (C=O) groups is 3. The van der Waals surface area contributed by atoms with E-state index in [-0.39, 0.29) is 35.5 Å². The standard InChI is InChI=1S/C20H27N3O3S/c1-12(2)9-17(20(26)22(4)10-14-11-27-13(3)21-14)23-18(24)15-7-5-6-8-16(15)19(23)25/h5-6,11-12,15-17H,7-10H2,1-4H3. The van der Waals surface area contributed by atoms with E-state index in [4.69, 9.17) is 0 Å². The van der Waals surface area contributed by atoms with Gasteiger partial charge in [0.15, 0.2) is 0 Å². The Labute approximate surface area is 164 Å². The van der Waals surface area contributed by atoms with Crippen LogP contribution < -0.4 is 0 Å². The number of thiazole rings is 1. The van der Waals surface area contributed by atoms with E-state index in [0.717, 1.165) is 10.7 Å². The first kappa shape index (κ1) is 19.7. The predicted molar refractivity (Wildman–Crippen MR) is 104 cm³/mol. The van der Waals surface area contributed by atoms with E-state index in [2.05, 4.69) is 4.98 Å². The number of amides is 3. The molecular formula is C20H27N3O3S. The number of hydrogen-bond donors (Lipinski definition) is 0. The monoisotopic (exact) mass is 389 g/mol. The molecule has 2 aliphatic rings. The van der Waals surface area contributed by atoms with Crippen molar-refractivity contribution in [2.45, 2.75) is 52.6 Å². The number of aryl methyl sites for hydroxylation is 1. The summed E-state index contributed by atoms with van der Waals surface area (Å²) in [5, 5.41) is 2.88. The lowest BCUT2D eigenvalue weighted by molar-refractivity contribution is -0.152.